The van der Waals surface area contributed by atoms with Crippen LogP contribution >= 0.6 is 7.82 Å². The molecule has 0 aliphatic heterocycles. The molecule has 0 saturated heterocycles. The topological polar surface area (TPSA) is 177 Å². The first-order valence-corrected chi connectivity index (χ1v) is 13.5. The Balaban J connectivity index is 4.37. The molecule has 0 bridgehead atoms. The summed E-state index contributed by atoms with van der Waals surface area (Å²) in [4.78, 5) is 47.4. The maximum Gasteiger partial charge on any atom is 0.320 e. The Hall–Kier alpha value is -1.56. The van der Waals surface area contributed by atoms with Crippen molar-refractivity contribution in [3.05, 3.63) is 0 Å². The maximum absolute atomic E-state index is 12.5. The predicted molar refractivity (Wildman–Crippen MR) is 128 cm³/mol. The Kier molecular flexibility index (Phi) is 16.2. The van der Waals surface area contributed by atoms with Crippen LogP contribution in [0, 0.1) is 11.8 Å². The van der Waals surface area contributed by atoms with Crippen molar-refractivity contribution in [1.82, 2.24) is 5.32 Å². The highest BCUT2D eigenvalue weighted by atomic mass is 31.2. The molecule has 206 valence electrons. The highest BCUT2D eigenvalue weighted by Gasteiger charge is 2.26. The Morgan fingerprint density at radius 1 is 1.03 bits per heavy atom. The smallest absolute Gasteiger partial charge is 0.320 e. The van der Waals surface area contributed by atoms with Crippen molar-refractivity contribution in [3.8, 4) is 0 Å². The summed E-state index contributed by atoms with van der Waals surface area (Å²) < 4.78 is 27.0. The quantitative estimate of drug-likeness (QED) is 0.0894. The molecule has 1 amide bonds. The third kappa shape index (κ3) is 16.7. The van der Waals surface area contributed by atoms with Crippen LogP contribution in [0.5, 0.6) is 0 Å². The molecule has 0 heterocycles. The number of carboxylic acids is 1. The van der Waals surface area contributed by atoms with Crippen LogP contribution in [0.25, 0.3) is 0 Å². The minimum absolute atomic E-state index is 0.0156. The predicted octanol–water partition coefficient (Wildman–Crippen LogP) is 0.878. The van der Waals surface area contributed by atoms with E-state index < -0.39 is 31.7 Å². The van der Waals surface area contributed by atoms with Gasteiger partial charge in [0, 0.05) is 12.5 Å². The molecular weight excluding hydrogens is 481 g/mol. The molecule has 0 rings (SSSR count). The van der Waals surface area contributed by atoms with Crippen molar-refractivity contribution < 1.29 is 47.2 Å². The van der Waals surface area contributed by atoms with Gasteiger partial charge in [-0.2, -0.15) is 0 Å². The number of nitrogens with zero attached hydrogens (tertiary/aromatic N) is 1. The van der Waals surface area contributed by atoms with Crippen LogP contribution in [0.3, 0.4) is 0 Å². The monoisotopic (exact) mass is 525 g/mol. The molecule has 4 atom stereocenters. The van der Waals surface area contributed by atoms with Crippen LogP contribution in [0.2, 0.25) is 0 Å². The van der Waals surface area contributed by atoms with Gasteiger partial charge in [-0.25, -0.2) is 0 Å². The van der Waals surface area contributed by atoms with Crippen molar-refractivity contribution in [2.75, 3.05) is 54.1 Å². The van der Waals surface area contributed by atoms with Gasteiger partial charge in [-0.15, -0.1) is 0 Å². The number of aliphatic carboxylic acids is 1. The number of carboxylic acid groups (broad SMARTS) is 1. The lowest BCUT2D eigenvalue weighted by atomic mass is 9.90. The van der Waals surface area contributed by atoms with Gasteiger partial charge in [0.05, 0.1) is 33.7 Å². The van der Waals surface area contributed by atoms with Gasteiger partial charge in [-0.1, -0.05) is 13.8 Å². The lowest BCUT2D eigenvalue weighted by Crippen LogP contribution is -2.37. The molecule has 4 N–H and O–H groups in total. The summed E-state index contributed by atoms with van der Waals surface area (Å²) in [5, 5.41) is 11.6. The average Bonchev–Trinajstić information content (AvgIpc) is 2.75. The fraction of sp³-hybridized carbons (Fsp3) is 0.864. The lowest BCUT2D eigenvalue weighted by Gasteiger charge is -2.27. The number of unbranched alkanes of at least 4 members (excludes halogenated alkanes) is 1. The molecule has 0 saturated carbocycles. The van der Waals surface area contributed by atoms with E-state index in [0.717, 1.165) is 0 Å². The molecular formula is C22H44N3O9P. The molecule has 0 aliphatic carbocycles. The first-order chi connectivity index (χ1) is 16.2. The number of carbonyl (C=O) groups is 3. The molecule has 0 aliphatic rings. The van der Waals surface area contributed by atoms with E-state index in [2.05, 4.69) is 5.32 Å². The van der Waals surface area contributed by atoms with Crippen LogP contribution in [-0.4, -0.2) is 87.5 Å². The number of likely N-dealkylation sites (N-methyl/N-ethyl adjacent to an activating group) is 1. The van der Waals surface area contributed by atoms with Crippen molar-refractivity contribution in [2.24, 2.45) is 17.6 Å². The van der Waals surface area contributed by atoms with E-state index in [1.165, 1.54) is 0 Å². The number of phosphoric acid groups is 1. The van der Waals surface area contributed by atoms with Gasteiger partial charge in [0.25, 0.3) is 7.82 Å². The minimum Gasteiger partial charge on any atom is -0.756 e. The number of rotatable bonds is 20. The van der Waals surface area contributed by atoms with E-state index >= 15 is 0 Å². The van der Waals surface area contributed by atoms with Crippen LogP contribution < -0.4 is 15.9 Å². The highest BCUT2D eigenvalue weighted by Crippen LogP contribution is 2.37. The van der Waals surface area contributed by atoms with Gasteiger partial charge in [0.1, 0.15) is 25.8 Å². The van der Waals surface area contributed by atoms with Crippen LogP contribution in [0.4, 0.5) is 0 Å². The number of nitrogens with one attached hydrogen (secondary N) is 1. The Labute approximate surface area is 208 Å². The second-order valence-corrected chi connectivity index (χ2v) is 10.9. The zero-order chi connectivity index (χ0) is 27.1. The SMILES string of the molecule is CCC(CC(CC)C(=O)OCCOP(=O)([O-])OCC[N+](C)(C)C)C(=O)NCCCCC(N)C(=O)O. The molecule has 0 aromatic carbocycles. The number of quaternary nitrogens is 1. The Bertz CT molecular complexity index is 700. The highest BCUT2D eigenvalue weighted by molar-refractivity contribution is 7.45. The first-order valence-electron chi connectivity index (χ1n) is 12.1. The maximum atomic E-state index is 12.5. The normalized spacial score (nSPS) is 16.1. The average molecular weight is 526 g/mol. The Morgan fingerprint density at radius 2 is 1.63 bits per heavy atom. The number of amides is 1. The van der Waals surface area contributed by atoms with Gasteiger partial charge >= 0.3 is 11.9 Å². The summed E-state index contributed by atoms with van der Waals surface area (Å²) in [6.07, 6.45) is 2.81. The van der Waals surface area contributed by atoms with Crippen LogP contribution in [-0.2, 0) is 32.7 Å². The van der Waals surface area contributed by atoms with Crippen molar-refractivity contribution in [2.45, 2.75) is 58.4 Å². The summed E-state index contributed by atoms with van der Waals surface area (Å²) in [7, 11) is 1.22. The second kappa shape index (κ2) is 17.0. The zero-order valence-corrected chi connectivity index (χ0v) is 22.6. The van der Waals surface area contributed by atoms with Crippen molar-refractivity contribution >= 4 is 25.7 Å². The van der Waals surface area contributed by atoms with Crippen molar-refractivity contribution in [1.29, 1.82) is 0 Å². The number of esters is 1. The fourth-order valence-corrected chi connectivity index (χ4v) is 3.75. The molecule has 13 heteroatoms. The molecule has 35 heavy (non-hydrogen) atoms. The van der Waals surface area contributed by atoms with Gasteiger partial charge in [-0.05, 0) is 38.5 Å². The van der Waals surface area contributed by atoms with E-state index in [1.807, 2.05) is 35.0 Å². The van der Waals surface area contributed by atoms with E-state index in [-0.39, 0.29) is 31.6 Å². The van der Waals surface area contributed by atoms with E-state index in [9.17, 15) is 23.8 Å². The fourth-order valence-electron chi connectivity index (χ4n) is 3.07. The number of phosphoric ester groups is 1. The molecule has 0 spiro atoms. The second-order valence-electron chi connectivity index (χ2n) is 9.47. The number of ether oxygens (including phenoxy) is 1. The summed E-state index contributed by atoms with van der Waals surface area (Å²) in [5.41, 5.74) is 5.45. The van der Waals surface area contributed by atoms with Gasteiger partial charge in [-0.3, -0.25) is 18.9 Å². The molecule has 0 aromatic heterocycles. The van der Waals surface area contributed by atoms with Crippen molar-refractivity contribution in [3.63, 3.8) is 0 Å². The third-order valence-electron chi connectivity index (χ3n) is 5.41. The van der Waals surface area contributed by atoms with E-state index in [0.29, 0.717) is 56.1 Å². The van der Waals surface area contributed by atoms with Crippen LogP contribution in [0.1, 0.15) is 52.4 Å². The number of hydrogen-bond donors (Lipinski definition) is 3. The minimum atomic E-state index is -4.48. The number of hydrogen-bond acceptors (Lipinski definition) is 9. The molecule has 12 nitrogen and oxygen atoms in total. The first kappa shape index (κ1) is 33.4. The zero-order valence-electron chi connectivity index (χ0n) is 21.7. The molecule has 0 radical (unpaired) electrons. The third-order valence-corrected chi connectivity index (χ3v) is 6.40. The van der Waals surface area contributed by atoms with Crippen LogP contribution in [0.15, 0.2) is 0 Å². The number of nitrogens with two attached hydrogens (primary N) is 1. The summed E-state index contributed by atoms with van der Waals surface area (Å²) in [6, 6.07) is -0.906. The molecule has 0 aromatic rings. The largest absolute Gasteiger partial charge is 0.756 e. The summed E-state index contributed by atoms with van der Waals surface area (Å²) in [5.74, 6) is -2.64. The molecule has 4 unspecified atom stereocenters. The Morgan fingerprint density at radius 3 is 2.17 bits per heavy atom. The van der Waals surface area contributed by atoms with Gasteiger partial charge in [0.2, 0.25) is 5.91 Å². The summed E-state index contributed by atoms with van der Waals surface area (Å²) >= 11 is 0. The standard InChI is InChI=1S/C22H44N3O9P/c1-6-17(20(26)24-11-9-8-10-19(23)21(27)28)16-18(7-2)22(29)32-14-15-34-35(30,31)33-13-12-25(3,4)5/h17-19H,6-16,23H2,1-5H3,(H2-,24,26,27,28,30,31). The lowest BCUT2D eigenvalue weighted by molar-refractivity contribution is -0.870. The van der Waals surface area contributed by atoms with E-state index in [1.54, 1.807) is 0 Å². The van der Waals surface area contributed by atoms with E-state index in [4.69, 9.17) is 24.6 Å². The van der Waals surface area contributed by atoms with Gasteiger partial charge in [0.15, 0.2) is 0 Å². The number of carbonyl (C=O) groups excluding carboxylic acids is 2. The van der Waals surface area contributed by atoms with Gasteiger partial charge < -0.3 is 39.3 Å². The summed E-state index contributed by atoms with van der Waals surface area (Å²) in [6.45, 7) is 3.93. The molecule has 0 fully saturated rings.